The number of aromatic nitrogens is 2. The molecule has 0 unspecified atom stereocenters. The van der Waals surface area contributed by atoms with E-state index in [2.05, 4.69) is 26.6 Å². The van der Waals surface area contributed by atoms with E-state index in [1.165, 1.54) is 16.0 Å². The van der Waals surface area contributed by atoms with Crippen molar-refractivity contribution in [3.05, 3.63) is 35.3 Å². The normalized spacial score (nSPS) is 15.0. The lowest BCUT2D eigenvalue weighted by molar-refractivity contribution is -0.120. The van der Waals surface area contributed by atoms with Gasteiger partial charge in [0.15, 0.2) is 10.3 Å². The van der Waals surface area contributed by atoms with Crippen LogP contribution in [0.3, 0.4) is 0 Å². The molecule has 7 nitrogen and oxygen atoms in total. The van der Waals surface area contributed by atoms with Crippen molar-refractivity contribution in [1.29, 1.82) is 0 Å². The van der Waals surface area contributed by atoms with Crippen molar-refractivity contribution >= 4 is 55.0 Å². The molecule has 0 radical (unpaired) electrons. The summed E-state index contributed by atoms with van der Waals surface area (Å²) in [6.07, 6.45) is 1.81. The number of likely N-dealkylation sites (N-methyl/N-ethyl adjacent to an activating group) is 1. The van der Waals surface area contributed by atoms with E-state index in [1.54, 1.807) is 23.8 Å². The van der Waals surface area contributed by atoms with E-state index in [9.17, 15) is 9.59 Å². The molecule has 0 saturated carbocycles. The van der Waals surface area contributed by atoms with E-state index in [-0.39, 0.29) is 24.2 Å². The standard InChI is InChI=1S/C19H21N5O2S2/c1-20-16(25)10-13-11-27-18(21-13)23-17(26)12-6-8-24(9-7-12)19-22-14-4-2-3-5-15(14)28-19/h2-5,11-12H,6-10H2,1H3,(H,20,25)(H,21,23,26). The zero-order valence-electron chi connectivity index (χ0n) is 15.5. The first-order valence-electron chi connectivity index (χ1n) is 9.19. The van der Waals surface area contributed by atoms with E-state index >= 15 is 0 Å². The van der Waals surface area contributed by atoms with Gasteiger partial charge in [-0.2, -0.15) is 0 Å². The number of anilines is 2. The molecule has 1 aliphatic rings. The summed E-state index contributed by atoms with van der Waals surface area (Å²) in [5.41, 5.74) is 1.70. The zero-order valence-corrected chi connectivity index (χ0v) is 17.1. The highest BCUT2D eigenvalue weighted by atomic mass is 32.1. The van der Waals surface area contributed by atoms with Gasteiger partial charge in [-0.15, -0.1) is 11.3 Å². The molecule has 1 fully saturated rings. The van der Waals surface area contributed by atoms with E-state index in [0.717, 1.165) is 36.6 Å². The molecule has 3 aromatic rings. The summed E-state index contributed by atoms with van der Waals surface area (Å²) in [4.78, 5) is 35.3. The van der Waals surface area contributed by atoms with Crippen LogP contribution in [0.25, 0.3) is 10.2 Å². The maximum Gasteiger partial charge on any atom is 0.229 e. The van der Waals surface area contributed by atoms with Crippen LogP contribution in [0.1, 0.15) is 18.5 Å². The van der Waals surface area contributed by atoms with Crippen molar-refractivity contribution < 1.29 is 9.59 Å². The summed E-state index contributed by atoms with van der Waals surface area (Å²) in [6, 6.07) is 8.14. The van der Waals surface area contributed by atoms with E-state index < -0.39 is 0 Å². The number of hydrogen-bond acceptors (Lipinski definition) is 7. The number of amides is 2. The van der Waals surface area contributed by atoms with Crippen LogP contribution in [-0.4, -0.2) is 41.9 Å². The van der Waals surface area contributed by atoms with Gasteiger partial charge in [-0.05, 0) is 25.0 Å². The maximum absolute atomic E-state index is 12.6. The first kappa shape index (κ1) is 18.8. The van der Waals surface area contributed by atoms with Crippen LogP contribution >= 0.6 is 22.7 Å². The molecular weight excluding hydrogens is 394 g/mol. The summed E-state index contributed by atoms with van der Waals surface area (Å²) in [5.74, 6) is -0.118. The number of nitrogens with one attached hydrogen (secondary N) is 2. The molecule has 1 saturated heterocycles. The topological polar surface area (TPSA) is 87.2 Å². The fourth-order valence-corrected chi connectivity index (χ4v) is 4.96. The smallest absolute Gasteiger partial charge is 0.229 e. The Morgan fingerprint density at radius 3 is 2.75 bits per heavy atom. The van der Waals surface area contributed by atoms with Crippen LogP contribution in [0.5, 0.6) is 0 Å². The molecule has 2 aromatic heterocycles. The second kappa shape index (κ2) is 8.24. The lowest BCUT2D eigenvalue weighted by Gasteiger charge is -2.30. The predicted molar refractivity (Wildman–Crippen MR) is 113 cm³/mol. The van der Waals surface area contributed by atoms with Crippen molar-refractivity contribution in [2.75, 3.05) is 30.4 Å². The summed E-state index contributed by atoms with van der Waals surface area (Å²) in [7, 11) is 1.60. The van der Waals surface area contributed by atoms with Gasteiger partial charge < -0.3 is 15.5 Å². The first-order valence-corrected chi connectivity index (χ1v) is 10.9. The lowest BCUT2D eigenvalue weighted by atomic mass is 9.96. The number of benzene rings is 1. The maximum atomic E-state index is 12.6. The minimum absolute atomic E-state index is 0.00444. The van der Waals surface area contributed by atoms with Crippen molar-refractivity contribution in [1.82, 2.24) is 15.3 Å². The lowest BCUT2D eigenvalue weighted by Crippen LogP contribution is -2.38. The average molecular weight is 416 g/mol. The summed E-state index contributed by atoms with van der Waals surface area (Å²) in [5, 5.41) is 8.86. The van der Waals surface area contributed by atoms with Crippen LogP contribution in [0.4, 0.5) is 10.3 Å². The highest BCUT2D eigenvalue weighted by Gasteiger charge is 2.27. The quantitative estimate of drug-likeness (QED) is 0.669. The fourth-order valence-electron chi connectivity index (χ4n) is 3.23. The molecule has 9 heteroatoms. The highest BCUT2D eigenvalue weighted by molar-refractivity contribution is 7.22. The number of thiazole rings is 2. The van der Waals surface area contributed by atoms with Crippen LogP contribution in [-0.2, 0) is 16.0 Å². The van der Waals surface area contributed by atoms with Crippen molar-refractivity contribution in [3.8, 4) is 0 Å². The Kier molecular flexibility index (Phi) is 5.54. The Balaban J connectivity index is 1.32. The average Bonchev–Trinajstić information content (AvgIpc) is 3.34. The Morgan fingerprint density at radius 1 is 1.21 bits per heavy atom. The molecule has 0 bridgehead atoms. The summed E-state index contributed by atoms with van der Waals surface area (Å²) < 4.78 is 1.19. The minimum Gasteiger partial charge on any atom is -0.359 e. The number of rotatable bonds is 5. The van der Waals surface area contributed by atoms with Gasteiger partial charge >= 0.3 is 0 Å². The molecule has 0 aliphatic carbocycles. The van der Waals surface area contributed by atoms with E-state index in [0.29, 0.717) is 10.8 Å². The number of hydrogen-bond donors (Lipinski definition) is 2. The van der Waals surface area contributed by atoms with E-state index in [4.69, 9.17) is 4.98 Å². The summed E-state index contributed by atoms with van der Waals surface area (Å²) >= 11 is 3.05. The van der Waals surface area contributed by atoms with Gasteiger partial charge in [0, 0.05) is 31.4 Å². The molecule has 28 heavy (non-hydrogen) atoms. The second-order valence-corrected chi connectivity index (χ2v) is 8.58. The Bertz CT molecular complexity index is 958. The largest absolute Gasteiger partial charge is 0.359 e. The third-order valence-electron chi connectivity index (χ3n) is 4.82. The molecule has 3 heterocycles. The van der Waals surface area contributed by atoms with Gasteiger partial charge in [0.25, 0.3) is 0 Å². The number of carbonyl (C=O) groups is 2. The fraction of sp³-hybridized carbons (Fsp3) is 0.368. The Morgan fingerprint density at radius 2 is 2.00 bits per heavy atom. The molecule has 2 N–H and O–H groups in total. The number of para-hydroxylation sites is 1. The van der Waals surface area contributed by atoms with Gasteiger partial charge in [-0.3, -0.25) is 9.59 Å². The third kappa shape index (κ3) is 4.15. The molecule has 1 aliphatic heterocycles. The van der Waals surface area contributed by atoms with E-state index in [1.807, 2.05) is 18.2 Å². The first-order chi connectivity index (χ1) is 13.6. The van der Waals surface area contributed by atoms with Crippen molar-refractivity contribution in [2.24, 2.45) is 5.92 Å². The molecular formula is C19H21N5O2S2. The van der Waals surface area contributed by atoms with Crippen molar-refractivity contribution in [2.45, 2.75) is 19.3 Å². The Hall–Kier alpha value is -2.52. The highest BCUT2D eigenvalue weighted by Crippen LogP contribution is 2.31. The SMILES string of the molecule is CNC(=O)Cc1csc(NC(=O)C2CCN(c3nc4ccccc4s3)CC2)n1. The number of fused-ring (bicyclic) bond motifs is 1. The predicted octanol–water partition coefficient (Wildman–Crippen LogP) is 2.90. The minimum atomic E-state index is -0.0922. The van der Waals surface area contributed by atoms with Crippen molar-refractivity contribution in [3.63, 3.8) is 0 Å². The summed E-state index contributed by atoms with van der Waals surface area (Å²) in [6.45, 7) is 1.63. The monoisotopic (exact) mass is 415 g/mol. The van der Waals surface area contributed by atoms with Crippen LogP contribution < -0.4 is 15.5 Å². The second-order valence-electron chi connectivity index (χ2n) is 6.71. The zero-order chi connectivity index (χ0) is 19.5. The van der Waals surface area contributed by atoms with Crippen LogP contribution in [0, 0.1) is 5.92 Å². The number of nitrogens with zero attached hydrogens (tertiary/aromatic N) is 3. The van der Waals surface area contributed by atoms with Gasteiger partial charge in [-0.25, -0.2) is 9.97 Å². The molecule has 1 aromatic carbocycles. The molecule has 0 atom stereocenters. The van der Waals surface area contributed by atoms with Gasteiger partial charge in [-0.1, -0.05) is 23.5 Å². The molecule has 4 rings (SSSR count). The van der Waals surface area contributed by atoms with Crippen LogP contribution in [0.15, 0.2) is 29.6 Å². The number of piperidine rings is 1. The molecule has 146 valence electrons. The molecule has 0 spiro atoms. The number of carbonyl (C=O) groups excluding carboxylic acids is 2. The Labute approximate surface area is 170 Å². The van der Waals surface area contributed by atoms with Gasteiger partial charge in [0.05, 0.1) is 22.3 Å². The van der Waals surface area contributed by atoms with Crippen LogP contribution in [0.2, 0.25) is 0 Å². The molecule has 2 amide bonds. The van der Waals surface area contributed by atoms with Gasteiger partial charge in [0.1, 0.15) is 0 Å². The van der Waals surface area contributed by atoms with Gasteiger partial charge in [0.2, 0.25) is 11.8 Å². The third-order valence-corrected chi connectivity index (χ3v) is 6.72.